The van der Waals surface area contributed by atoms with Crippen LogP contribution >= 0.6 is 0 Å². The maximum Gasteiger partial charge on any atom is 0.234 e. The summed E-state index contributed by atoms with van der Waals surface area (Å²) in [4.78, 5) is 14.0. The van der Waals surface area contributed by atoms with Crippen LogP contribution in [0.1, 0.15) is 19.8 Å². The van der Waals surface area contributed by atoms with Crippen molar-refractivity contribution in [2.45, 2.75) is 25.9 Å². The fourth-order valence-electron chi connectivity index (χ4n) is 2.53. The Morgan fingerprint density at radius 2 is 2.08 bits per heavy atom. The van der Waals surface area contributed by atoms with Crippen LogP contribution in [0.5, 0.6) is 5.75 Å². The number of hydrogen-bond donors (Lipinski definition) is 2. The van der Waals surface area contributed by atoms with E-state index in [4.69, 9.17) is 4.74 Å². The van der Waals surface area contributed by atoms with Gasteiger partial charge in [0.25, 0.3) is 0 Å². The lowest BCUT2D eigenvalue weighted by atomic mass is 9.99. The molecule has 0 bridgehead atoms. The minimum Gasteiger partial charge on any atom is -0.491 e. The van der Waals surface area contributed by atoms with E-state index in [1.807, 2.05) is 0 Å². The first-order valence-electron chi connectivity index (χ1n) is 8.19. The third kappa shape index (κ3) is 6.05. The van der Waals surface area contributed by atoms with Gasteiger partial charge in [-0.3, -0.25) is 9.69 Å². The number of carbonyl (C=O) groups is 1. The largest absolute Gasteiger partial charge is 0.491 e. The van der Waals surface area contributed by atoms with Crippen molar-refractivity contribution in [3.63, 3.8) is 0 Å². The monoisotopic (exact) mass is 342 g/mol. The summed E-state index contributed by atoms with van der Waals surface area (Å²) in [5.74, 6) is -1.27. The van der Waals surface area contributed by atoms with Crippen LogP contribution in [0.2, 0.25) is 0 Å². The Labute approximate surface area is 140 Å². The van der Waals surface area contributed by atoms with E-state index in [9.17, 15) is 18.7 Å². The van der Waals surface area contributed by atoms with Gasteiger partial charge in [0, 0.05) is 12.6 Å². The number of nitrogens with zero attached hydrogens (tertiary/aromatic N) is 1. The normalized spacial score (nSPS) is 17.5. The first-order valence-corrected chi connectivity index (χ1v) is 8.19. The summed E-state index contributed by atoms with van der Waals surface area (Å²) in [7, 11) is 0. The highest BCUT2D eigenvalue weighted by Crippen LogP contribution is 2.16. The minimum atomic E-state index is -1.01. The zero-order valence-electron chi connectivity index (χ0n) is 13.8. The van der Waals surface area contributed by atoms with Crippen molar-refractivity contribution in [1.29, 1.82) is 0 Å². The molecular formula is C17H24F2N2O3. The average molecular weight is 342 g/mol. The van der Waals surface area contributed by atoms with Crippen molar-refractivity contribution >= 4 is 5.91 Å². The second kappa shape index (κ2) is 8.94. The molecule has 2 N–H and O–H groups in total. The molecule has 1 amide bonds. The number of aliphatic hydroxyl groups excluding tert-OH is 1. The number of piperidine rings is 1. The standard InChI is InChI=1S/C17H24F2N2O3/c1-12-4-6-21(7-5-12)10-17(23)20-9-13(22)11-24-14-2-3-15(18)16(19)8-14/h2-3,8,12-13,22H,4-7,9-11H2,1H3,(H,20,23). The first-order chi connectivity index (χ1) is 11.4. The van der Waals surface area contributed by atoms with Gasteiger partial charge in [-0.1, -0.05) is 6.92 Å². The van der Waals surface area contributed by atoms with Crippen LogP contribution in [0.25, 0.3) is 0 Å². The molecule has 0 aromatic heterocycles. The fraction of sp³-hybridized carbons (Fsp3) is 0.588. The zero-order valence-corrected chi connectivity index (χ0v) is 13.8. The molecule has 1 atom stereocenters. The second-order valence-corrected chi connectivity index (χ2v) is 6.30. The van der Waals surface area contributed by atoms with Gasteiger partial charge in [-0.25, -0.2) is 8.78 Å². The van der Waals surface area contributed by atoms with E-state index in [1.54, 1.807) is 0 Å². The van der Waals surface area contributed by atoms with E-state index < -0.39 is 17.7 Å². The maximum atomic E-state index is 13.0. The second-order valence-electron chi connectivity index (χ2n) is 6.30. The highest BCUT2D eigenvalue weighted by Gasteiger charge is 2.18. The number of carbonyl (C=O) groups excluding carboxylic acids is 1. The molecule has 1 aliphatic rings. The lowest BCUT2D eigenvalue weighted by Crippen LogP contribution is -2.43. The van der Waals surface area contributed by atoms with Crippen molar-refractivity contribution in [3.05, 3.63) is 29.8 Å². The molecule has 134 valence electrons. The molecule has 24 heavy (non-hydrogen) atoms. The van der Waals surface area contributed by atoms with Gasteiger partial charge >= 0.3 is 0 Å². The van der Waals surface area contributed by atoms with E-state index in [0.29, 0.717) is 12.5 Å². The predicted octanol–water partition coefficient (Wildman–Crippen LogP) is 1.55. The third-order valence-electron chi connectivity index (χ3n) is 4.11. The first kappa shape index (κ1) is 18.6. The van der Waals surface area contributed by atoms with Gasteiger partial charge in [-0.15, -0.1) is 0 Å². The van der Waals surface area contributed by atoms with E-state index in [0.717, 1.165) is 38.1 Å². The molecule has 0 radical (unpaired) electrons. The van der Waals surface area contributed by atoms with Gasteiger partial charge in [0.05, 0.1) is 6.54 Å². The Morgan fingerprint density at radius 3 is 2.75 bits per heavy atom. The quantitative estimate of drug-likeness (QED) is 0.789. The van der Waals surface area contributed by atoms with Crippen LogP contribution in [-0.4, -0.2) is 54.8 Å². The molecule has 1 fully saturated rings. The maximum absolute atomic E-state index is 13.0. The molecule has 0 saturated carbocycles. The molecule has 1 aliphatic heterocycles. The van der Waals surface area contributed by atoms with Crippen LogP contribution in [-0.2, 0) is 4.79 Å². The lowest BCUT2D eigenvalue weighted by molar-refractivity contribution is -0.123. The molecule has 1 saturated heterocycles. The van der Waals surface area contributed by atoms with Crippen LogP contribution in [0, 0.1) is 17.6 Å². The third-order valence-corrected chi connectivity index (χ3v) is 4.11. The predicted molar refractivity (Wildman–Crippen MR) is 85.7 cm³/mol. The highest BCUT2D eigenvalue weighted by atomic mass is 19.2. The van der Waals surface area contributed by atoms with Crippen molar-refractivity contribution in [2.75, 3.05) is 32.8 Å². The summed E-state index contributed by atoms with van der Waals surface area (Å²) < 4.78 is 31.0. The molecular weight excluding hydrogens is 318 g/mol. The van der Waals surface area contributed by atoms with Gasteiger partial charge in [0.2, 0.25) is 5.91 Å². The van der Waals surface area contributed by atoms with Crippen LogP contribution in [0.15, 0.2) is 18.2 Å². The Morgan fingerprint density at radius 1 is 1.38 bits per heavy atom. The van der Waals surface area contributed by atoms with E-state index in [1.165, 1.54) is 6.07 Å². The fourth-order valence-corrected chi connectivity index (χ4v) is 2.53. The summed E-state index contributed by atoms with van der Waals surface area (Å²) in [5.41, 5.74) is 0. The molecule has 2 rings (SSSR count). The molecule has 0 aliphatic carbocycles. The van der Waals surface area contributed by atoms with Crippen molar-refractivity contribution in [2.24, 2.45) is 5.92 Å². The zero-order chi connectivity index (χ0) is 17.5. The summed E-state index contributed by atoms with van der Waals surface area (Å²) in [5, 5.41) is 12.5. The van der Waals surface area contributed by atoms with Gasteiger partial charge in [0.1, 0.15) is 18.5 Å². The molecule has 7 heteroatoms. The Hall–Kier alpha value is -1.73. The Kier molecular flexibility index (Phi) is 6.93. The van der Waals surface area contributed by atoms with Gasteiger partial charge < -0.3 is 15.2 Å². The summed E-state index contributed by atoms with van der Waals surface area (Å²) >= 11 is 0. The van der Waals surface area contributed by atoms with Crippen LogP contribution in [0.4, 0.5) is 8.78 Å². The molecule has 5 nitrogen and oxygen atoms in total. The van der Waals surface area contributed by atoms with E-state index in [2.05, 4.69) is 17.1 Å². The van der Waals surface area contributed by atoms with Gasteiger partial charge in [-0.2, -0.15) is 0 Å². The minimum absolute atomic E-state index is 0.0484. The number of ether oxygens (including phenoxy) is 1. The smallest absolute Gasteiger partial charge is 0.234 e. The number of rotatable bonds is 7. The van der Waals surface area contributed by atoms with Gasteiger partial charge in [-0.05, 0) is 44.0 Å². The van der Waals surface area contributed by atoms with Crippen LogP contribution in [0.3, 0.4) is 0 Å². The summed E-state index contributed by atoms with van der Waals surface area (Å²) in [6.45, 7) is 4.29. The average Bonchev–Trinajstić information content (AvgIpc) is 2.56. The van der Waals surface area contributed by atoms with Crippen molar-refractivity contribution in [1.82, 2.24) is 10.2 Å². The number of nitrogens with one attached hydrogen (secondary N) is 1. The number of benzene rings is 1. The van der Waals surface area contributed by atoms with E-state index >= 15 is 0 Å². The lowest BCUT2D eigenvalue weighted by Gasteiger charge is -2.29. The number of halogens is 2. The SMILES string of the molecule is CC1CCN(CC(=O)NCC(O)COc2ccc(F)c(F)c2)CC1. The van der Waals surface area contributed by atoms with Gasteiger partial charge in [0.15, 0.2) is 11.6 Å². The van der Waals surface area contributed by atoms with Crippen molar-refractivity contribution < 1.29 is 23.4 Å². The van der Waals surface area contributed by atoms with Crippen molar-refractivity contribution in [3.8, 4) is 5.75 Å². The number of aliphatic hydroxyl groups is 1. The number of amides is 1. The highest BCUT2D eigenvalue weighted by molar-refractivity contribution is 5.78. The Balaban J connectivity index is 1.64. The molecule has 1 heterocycles. The molecule has 0 spiro atoms. The van der Waals surface area contributed by atoms with Crippen LogP contribution < -0.4 is 10.1 Å². The summed E-state index contributed by atoms with van der Waals surface area (Å²) in [6.07, 6.45) is 1.26. The van der Waals surface area contributed by atoms with E-state index in [-0.39, 0.29) is 24.8 Å². The molecule has 1 aromatic carbocycles. The molecule has 1 unspecified atom stereocenters. The number of hydrogen-bond acceptors (Lipinski definition) is 4. The number of likely N-dealkylation sites (tertiary alicyclic amines) is 1. The summed E-state index contributed by atoms with van der Waals surface area (Å²) in [6, 6.07) is 3.15. The molecule has 1 aromatic rings. The topological polar surface area (TPSA) is 61.8 Å². The Bertz CT molecular complexity index is 549.